The number of carboxylic acids is 1. The second-order valence-corrected chi connectivity index (χ2v) is 3.31. The number of alkyl halides is 2. The Kier molecular flexibility index (Phi) is 2.09. The van der Waals surface area contributed by atoms with Gasteiger partial charge in [0, 0.05) is 6.42 Å². The van der Waals surface area contributed by atoms with Gasteiger partial charge in [-0.25, -0.2) is 13.6 Å². The molecule has 15 heavy (non-hydrogen) atoms. The predicted octanol–water partition coefficient (Wildman–Crippen LogP) is 1.41. The molecule has 7 heteroatoms. The molecular weight excluding hydrogens is 212 g/mol. The Morgan fingerprint density at radius 2 is 2.47 bits per heavy atom. The molecule has 1 atom stereocenters. The largest absolute Gasteiger partial charge is 0.475 e. The standard InChI is InChI=1S/C8H7F2NO4/c9-8(10)2-4(8)3-14-6-1-5(7(12)13)15-11-6/h1,4H,2-3H2,(H,12,13). The predicted molar refractivity (Wildman–Crippen MR) is 42.0 cm³/mol. The molecule has 0 radical (unpaired) electrons. The van der Waals surface area contributed by atoms with E-state index in [1.165, 1.54) is 0 Å². The van der Waals surface area contributed by atoms with E-state index in [2.05, 4.69) is 9.68 Å². The summed E-state index contributed by atoms with van der Waals surface area (Å²) in [7, 11) is 0. The Hall–Kier alpha value is -1.66. The van der Waals surface area contributed by atoms with Gasteiger partial charge < -0.3 is 14.4 Å². The maximum atomic E-state index is 12.4. The SMILES string of the molecule is O=C(O)c1cc(OCC2CC2(F)F)no1. The molecule has 82 valence electrons. The number of halogens is 2. The van der Waals surface area contributed by atoms with Crippen molar-refractivity contribution in [1.29, 1.82) is 0 Å². The van der Waals surface area contributed by atoms with Crippen molar-refractivity contribution in [2.45, 2.75) is 12.3 Å². The lowest BCUT2D eigenvalue weighted by molar-refractivity contribution is 0.0651. The highest BCUT2D eigenvalue weighted by Gasteiger charge is 2.57. The van der Waals surface area contributed by atoms with Crippen molar-refractivity contribution in [1.82, 2.24) is 5.16 Å². The van der Waals surface area contributed by atoms with E-state index in [1.807, 2.05) is 0 Å². The smallest absolute Gasteiger partial charge is 0.374 e. The second kappa shape index (κ2) is 3.18. The minimum Gasteiger partial charge on any atom is -0.475 e. The van der Waals surface area contributed by atoms with Gasteiger partial charge in [0.2, 0.25) is 5.76 Å². The lowest BCUT2D eigenvalue weighted by Crippen LogP contribution is -2.05. The van der Waals surface area contributed by atoms with Gasteiger partial charge in [-0.1, -0.05) is 0 Å². The maximum Gasteiger partial charge on any atom is 0.374 e. The number of aromatic nitrogens is 1. The summed E-state index contributed by atoms with van der Waals surface area (Å²) in [5.41, 5.74) is 0. The number of rotatable bonds is 4. The molecule has 1 unspecified atom stereocenters. The highest BCUT2D eigenvalue weighted by molar-refractivity contribution is 5.84. The molecule has 0 aromatic carbocycles. The number of hydrogen-bond donors (Lipinski definition) is 1. The first-order valence-electron chi connectivity index (χ1n) is 4.19. The Labute approximate surface area is 82.6 Å². The van der Waals surface area contributed by atoms with E-state index in [1.54, 1.807) is 0 Å². The summed E-state index contributed by atoms with van der Waals surface area (Å²) in [5.74, 6) is -5.21. The van der Waals surface area contributed by atoms with Crippen molar-refractivity contribution in [3.8, 4) is 5.88 Å². The fourth-order valence-corrected chi connectivity index (χ4v) is 1.06. The van der Waals surface area contributed by atoms with Crippen LogP contribution in [0.2, 0.25) is 0 Å². The first-order chi connectivity index (χ1) is 6.99. The fraction of sp³-hybridized carbons (Fsp3) is 0.500. The van der Waals surface area contributed by atoms with Gasteiger partial charge in [-0.2, -0.15) is 0 Å². The van der Waals surface area contributed by atoms with Gasteiger partial charge >= 0.3 is 5.97 Å². The molecule has 1 aliphatic carbocycles. The normalized spacial score (nSPS) is 22.4. The molecule has 0 saturated heterocycles. The maximum absolute atomic E-state index is 12.4. The van der Waals surface area contributed by atoms with Gasteiger partial charge in [-0.3, -0.25) is 0 Å². The minimum atomic E-state index is -2.65. The van der Waals surface area contributed by atoms with E-state index in [4.69, 9.17) is 9.84 Å². The summed E-state index contributed by atoms with van der Waals surface area (Å²) >= 11 is 0. The summed E-state index contributed by atoms with van der Waals surface area (Å²) in [5, 5.41) is 11.7. The van der Waals surface area contributed by atoms with Crippen LogP contribution in [-0.4, -0.2) is 28.8 Å². The average molecular weight is 219 g/mol. The second-order valence-electron chi connectivity index (χ2n) is 3.31. The molecular formula is C8H7F2NO4. The number of hydrogen-bond acceptors (Lipinski definition) is 4. The van der Waals surface area contributed by atoms with Crippen LogP contribution in [0.5, 0.6) is 5.88 Å². The molecule has 5 nitrogen and oxygen atoms in total. The highest BCUT2D eigenvalue weighted by atomic mass is 19.3. The van der Waals surface area contributed by atoms with Crippen LogP contribution >= 0.6 is 0 Å². The van der Waals surface area contributed by atoms with Crippen LogP contribution < -0.4 is 4.74 Å². The Balaban J connectivity index is 1.86. The average Bonchev–Trinajstić information content (AvgIpc) is 2.63. The van der Waals surface area contributed by atoms with Crippen molar-refractivity contribution < 1.29 is 27.9 Å². The summed E-state index contributed by atoms with van der Waals surface area (Å²) in [6, 6.07) is 1.04. The zero-order valence-electron chi connectivity index (χ0n) is 7.44. The number of nitrogens with zero attached hydrogens (tertiary/aromatic N) is 1. The molecule has 1 aromatic rings. The molecule has 1 N–H and O–H groups in total. The summed E-state index contributed by atoms with van der Waals surface area (Å²) in [4.78, 5) is 10.4. The number of carboxylic acid groups (broad SMARTS) is 1. The van der Waals surface area contributed by atoms with Crippen LogP contribution in [0.25, 0.3) is 0 Å². The monoisotopic (exact) mass is 219 g/mol. The van der Waals surface area contributed by atoms with Crippen LogP contribution in [0.1, 0.15) is 17.0 Å². The lowest BCUT2D eigenvalue weighted by atomic mass is 10.4. The third kappa shape index (κ3) is 2.05. The van der Waals surface area contributed by atoms with Crippen LogP contribution in [0.4, 0.5) is 8.78 Å². The van der Waals surface area contributed by atoms with E-state index in [0.717, 1.165) is 6.07 Å². The fourth-order valence-electron chi connectivity index (χ4n) is 1.06. The van der Waals surface area contributed by atoms with Gasteiger partial charge in [0.25, 0.3) is 11.8 Å². The van der Waals surface area contributed by atoms with Crippen LogP contribution in [-0.2, 0) is 0 Å². The number of carbonyl (C=O) groups is 1. The first-order valence-corrected chi connectivity index (χ1v) is 4.19. The Morgan fingerprint density at radius 1 is 1.80 bits per heavy atom. The van der Waals surface area contributed by atoms with Crippen molar-refractivity contribution in [2.75, 3.05) is 6.61 Å². The van der Waals surface area contributed by atoms with Gasteiger partial charge in [0.1, 0.15) is 0 Å². The quantitative estimate of drug-likeness (QED) is 0.828. The van der Waals surface area contributed by atoms with E-state index in [9.17, 15) is 13.6 Å². The first kappa shape index (κ1) is 9.88. The van der Waals surface area contributed by atoms with E-state index in [-0.39, 0.29) is 24.7 Å². The van der Waals surface area contributed by atoms with Gasteiger partial charge in [-0.05, 0) is 5.16 Å². The topological polar surface area (TPSA) is 72.6 Å². The molecule has 1 aliphatic rings. The molecule has 2 rings (SSSR count). The molecule has 1 aromatic heterocycles. The summed E-state index contributed by atoms with van der Waals surface area (Å²) in [6.45, 7) is -0.182. The van der Waals surface area contributed by atoms with Gasteiger partial charge in [0.05, 0.1) is 18.6 Å². The molecule has 1 heterocycles. The zero-order valence-corrected chi connectivity index (χ0v) is 7.44. The molecule has 0 spiro atoms. The van der Waals surface area contributed by atoms with Crippen LogP contribution in [0.15, 0.2) is 10.6 Å². The Morgan fingerprint density at radius 3 is 2.93 bits per heavy atom. The van der Waals surface area contributed by atoms with Crippen molar-refractivity contribution in [2.24, 2.45) is 5.92 Å². The zero-order chi connectivity index (χ0) is 11.1. The van der Waals surface area contributed by atoms with Gasteiger partial charge in [-0.15, -0.1) is 0 Å². The third-order valence-corrected chi connectivity index (χ3v) is 2.09. The molecule has 1 fully saturated rings. The van der Waals surface area contributed by atoms with E-state index < -0.39 is 17.8 Å². The minimum absolute atomic E-state index is 0.0879. The van der Waals surface area contributed by atoms with Crippen molar-refractivity contribution >= 4 is 5.97 Å². The van der Waals surface area contributed by atoms with Crippen molar-refractivity contribution in [3.05, 3.63) is 11.8 Å². The van der Waals surface area contributed by atoms with Crippen LogP contribution in [0.3, 0.4) is 0 Å². The van der Waals surface area contributed by atoms with E-state index in [0.29, 0.717) is 0 Å². The lowest BCUT2D eigenvalue weighted by Gasteiger charge is -1.98. The number of aromatic carboxylic acids is 1. The molecule has 0 aliphatic heterocycles. The third-order valence-electron chi connectivity index (χ3n) is 2.09. The van der Waals surface area contributed by atoms with Crippen LogP contribution in [0, 0.1) is 5.92 Å². The molecule has 0 bridgehead atoms. The molecule has 0 amide bonds. The Bertz CT molecular complexity index is 390. The van der Waals surface area contributed by atoms with Gasteiger partial charge in [0.15, 0.2) is 0 Å². The van der Waals surface area contributed by atoms with E-state index >= 15 is 0 Å². The summed E-state index contributed by atoms with van der Waals surface area (Å²) in [6.07, 6.45) is -0.198. The summed E-state index contributed by atoms with van der Waals surface area (Å²) < 4.78 is 34.0. The highest BCUT2D eigenvalue weighted by Crippen LogP contribution is 2.48. The number of ether oxygens (including phenoxy) is 1. The molecule has 1 saturated carbocycles. The van der Waals surface area contributed by atoms with Crippen molar-refractivity contribution in [3.63, 3.8) is 0 Å².